The molecule has 0 rings (SSSR count). The number of rotatable bonds is 3. The molecule has 0 atom stereocenters. The van der Waals surface area contributed by atoms with Gasteiger partial charge in [0.2, 0.25) is 0 Å². The van der Waals surface area contributed by atoms with Crippen molar-refractivity contribution >= 4 is 12.4 Å². The molecule has 0 unspecified atom stereocenters. The van der Waals surface area contributed by atoms with Crippen molar-refractivity contribution in [2.24, 2.45) is 10.2 Å². The molecule has 0 aromatic carbocycles. The van der Waals surface area contributed by atoms with Gasteiger partial charge in [-0.2, -0.15) is 10.2 Å². The van der Waals surface area contributed by atoms with Crippen molar-refractivity contribution in [3.05, 3.63) is 11.6 Å². The lowest BCUT2D eigenvalue weighted by Gasteiger charge is -1.92. The Balaban J connectivity index is 4.11. The summed E-state index contributed by atoms with van der Waals surface area (Å²) in [6.07, 6.45) is 3.07. The van der Waals surface area contributed by atoms with E-state index < -0.39 is 0 Å². The highest BCUT2D eigenvalue weighted by Gasteiger charge is 1.85. The molecule has 2 nitrogen and oxygen atoms in total. The standard InChI is InChI=1S/C8H14N2/c1-5-7(2)6-8(3)10-9-4/h6H,4-5H2,1-3H3/b7-6+,10-8-. The molecule has 0 bridgehead atoms. The van der Waals surface area contributed by atoms with E-state index in [0.29, 0.717) is 0 Å². The Bertz CT molecular complexity index is 166. The van der Waals surface area contributed by atoms with E-state index in [9.17, 15) is 0 Å². The molecule has 0 heterocycles. The molecule has 0 N–H and O–H groups in total. The molecule has 0 saturated heterocycles. The van der Waals surface area contributed by atoms with E-state index in [-0.39, 0.29) is 0 Å². The molecule has 0 aliphatic heterocycles. The summed E-state index contributed by atoms with van der Waals surface area (Å²) in [6, 6.07) is 0. The third-order valence-corrected chi connectivity index (χ3v) is 1.24. The zero-order valence-electron chi connectivity index (χ0n) is 6.89. The summed E-state index contributed by atoms with van der Waals surface area (Å²) in [7, 11) is 0. The van der Waals surface area contributed by atoms with Crippen LogP contribution in [0, 0.1) is 0 Å². The molecule has 0 saturated carbocycles. The first-order valence-corrected chi connectivity index (χ1v) is 3.38. The van der Waals surface area contributed by atoms with Crippen LogP contribution in [0.5, 0.6) is 0 Å². The fourth-order valence-corrected chi connectivity index (χ4v) is 0.599. The van der Waals surface area contributed by atoms with Gasteiger partial charge >= 0.3 is 0 Å². The smallest absolute Gasteiger partial charge is 0.0598 e. The van der Waals surface area contributed by atoms with E-state index in [1.54, 1.807) is 0 Å². The van der Waals surface area contributed by atoms with Gasteiger partial charge in [0.05, 0.1) is 5.71 Å². The maximum Gasteiger partial charge on any atom is 0.0598 e. The fraction of sp³-hybridized carbons (Fsp3) is 0.500. The first-order chi connectivity index (χ1) is 4.70. The molecule has 0 aromatic rings. The van der Waals surface area contributed by atoms with Crippen LogP contribution in [0.4, 0.5) is 0 Å². The molecule has 2 heteroatoms. The van der Waals surface area contributed by atoms with Gasteiger partial charge < -0.3 is 0 Å². The summed E-state index contributed by atoms with van der Waals surface area (Å²) >= 11 is 0. The second kappa shape index (κ2) is 4.91. The second-order valence-electron chi connectivity index (χ2n) is 2.23. The SMILES string of the molecule is C=N/N=C(C)\C=C(/C)CC. The lowest BCUT2D eigenvalue weighted by Crippen LogP contribution is -1.84. The zero-order valence-corrected chi connectivity index (χ0v) is 6.89. The van der Waals surface area contributed by atoms with Gasteiger partial charge in [-0.05, 0) is 26.3 Å². The maximum absolute atomic E-state index is 3.77. The number of hydrogen-bond acceptors (Lipinski definition) is 2. The van der Waals surface area contributed by atoms with Gasteiger partial charge in [-0.1, -0.05) is 12.5 Å². The third-order valence-electron chi connectivity index (χ3n) is 1.24. The van der Waals surface area contributed by atoms with Crippen LogP contribution in [-0.4, -0.2) is 12.4 Å². The van der Waals surface area contributed by atoms with Crippen molar-refractivity contribution in [1.29, 1.82) is 0 Å². The van der Waals surface area contributed by atoms with Gasteiger partial charge in [-0.15, -0.1) is 0 Å². The quantitative estimate of drug-likeness (QED) is 0.422. The molecule has 0 aromatic heterocycles. The Hall–Kier alpha value is -0.920. The van der Waals surface area contributed by atoms with Crippen LogP contribution >= 0.6 is 0 Å². The van der Waals surface area contributed by atoms with E-state index in [4.69, 9.17) is 0 Å². The lowest BCUT2D eigenvalue weighted by molar-refractivity contribution is 1.10. The van der Waals surface area contributed by atoms with Crippen molar-refractivity contribution in [3.63, 3.8) is 0 Å². The van der Waals surface area contributed by atoms with E-state index >= 15 is 0 Å². The number of hydrogen-bond donors (Lipinski definition) is 0. The predicted molar refractivity (Wildman–Crippen MR) is 46.7 cm³/mol. The highest BCUT2D eigenvalue weighted by Crippen LogP contribution is 1.98. The van der Waals surface area contributed by atoms with Crippen molar-refractivity contribution in [2.45, 2.75) is 27.2 Å². The highest BCUT2D eigenvalue weighted by atomic mass is 15.2. The summed E-state index contributed by atoms with van der Waals surface area (Å²) in [6.45, 7) is 9.36. The first kappa shape index (κ1) is 9.08. The normalized spacial score (nSPS) is 13.5. The number of nitrogens with zero attached hydrogens (tertiary/aromatic N) is 2. The molecule has 0 aliphatic rings. The monoisotopic (exact) mass is 138 g/mol. The van der Waals surface area contributed by atoms with Crippen LogP contribution < -0.4 is 0 Å². The summed E-state index contributed by atoms with van der Waals surface area (Å²) in [5.41, 5.74) is 2.22. The molecular weight excluding hydrogens is 124 g/mol. The minimum Gasteiger partial charge on any atom is -0.167 e. The van der Waals surface area contributed by atoms with Crippen LogP contribution in [0.1, 0.15) is 27.2 Å². The average molecular weight is 138 g/mol. The van der Waals surface area contributed by atoms with Crippen LogP contribution in [0.3, 0.4) is 0 Å². The molecule has 10 heavy (non-hydrogen) atoms. The van der Waals surface area contributed by atoms with Crippen molar-refractivity contribution < 1.29 is 0 Å². The Morgan fingerprint density at radius 1 is 1.50 bits per heavy atom. The summed E-state index contributed by atoms with van der Waals surface area (Å²) in [5.74, 6) is 0. The van der Waals surface area contributed by atoms with E-state index in [2.05, 4.69) is 30.8 Å². The van der Waals surface area contributed by atoms with Crippen molar-refractivity contribution in [2.75, 3.05) is 0 Å². The Morgan fingerprint density at radius 3 is 2.50 bits per heavy atom. The van der Waals surface area contributed by atoms with E-state index in [1.807, 2.05) is 13.0 Å². The molecule has 0 radical (unpaired) electrons. The fourth-order valence-electron chi connectivity index (χ4n) is 0.599. The molecular formula is C8H14N2. The molecule has 0 fully saturated rings. The molecule has 0 aliphatic carbocycles. The second-order valence-corrected chi connectivity index (χ2v) is 2.23. The van der Waals surface area contributed by atoms with Gasteiger partial charge in [0.25, 0.3) is 0 Å². The minimum atomic E-state index is 0.911. The highest BCUT2D eigenvalue weighted by molar-refractivity contribution is 5.93. The van der Waals surface area contributed by atoms with Gasteiger partial charge in [-0.25, -0.2) is 0 Å². The molecule has 0 amide bonds. The van der Waals surface area contributed by atoms with Crippen LogP contribution in [0.2, 0.25) is 0 Å². The average Bonchev–Trinajstić information content (AvgIpc) is 1.88. The van der Waals surface area contributed by atoms with Crippen LogP contribution in [0.15, 0.2) is 21.9 Å². The van der Waals surface area contributed by atoms with Gasteiger partial charge in [0.15, 0.2) is 0 Å². The van der Waals surface area contributed by atoms with Gasteiger partial charge in [-0.3, -0.25) is 0 Å². The summed E-state index contributed by atoms with van der Waals surface area (Å²) in [4.78, 5) is 0. The first-order valence-electron chi connectivity index (χ1n) is 3.38. The Kier molecular flexibility index (Phi) is 4.46. The largest absolute Gasteiger partial charge is 0.167 e. The molecule has 56 valence electrons. The summed E-state index contributed by atoms with van der Waals surface area (Å²) < 4.78 is 0. The minimum absolute atomic E-state index is 0.911. The van der Waals surface area contributed by atoms with Gasteiger partial charge in [0.1, 0.15) is 0 Å². The molecule has 0 spiro atoms. The van der Waals surface area contributed by atoms with E-state index in [1.165, 1.54) is 5.57 Å². The van der Waals surface area contributed by atoms with Crippen LogP contribution in [-0.2, 0) is 0 Å². The lowest BCUT2D eigenvalue weighted by atomic mass is 10.2. The number of allylic oxidation sites excluding steroid dienone is 2. The Morgan fingerprint density at radius 2 is 2.10 bits per heavy atom. The van der Waals surface area contributed by atoms with Crippen molar-refractivity contribution in [1.82, 2.24) is 0 Å². The van der Waals surface area contributed by atoms with Crippen molar-refractivity contribution in [3.8, 4) is 0 Å². The predicted octanol–water partition coefficient (Wildman–Crippen LogP) is 2.42. The van der Waals surface area contributed by atoms with Gasteiger partial charge in [0, 0.05) is 6.72 Å². The summed E-state index contributed by atoms with van der Waals surface area (Å²) in [5, 5.41) is 7.18. The third kappa shape index (κ3) is 4.01. The topological polar surface area (TPSA) is 24.7 Å². The Labute approximate surface area is 62.4 Å². The maximum atomic E-state index is 3.77. The zero-order chi connectivity index (χ0) is 7.98. The van der Waals surface area contributed by atoms with E-state index in [0.717, 1.165) is 12.1 Å². The van der Waals surface area contributed by atoms with Crippen LogP contribution in [0.25, 0.3) is 0 Å².